The molecule has 0 N–H and O–H groups in total. The maximum Gasteiger partial charge on any atom is 0.164 e. The zero-order valence-electron chi connectivity index (χ0n) is 34.4. The van der Waals surface area contributed by atoms with Gasteiger partial charge >= 0.3 is 0 Å². The van der Waals surface area contributed by atoms with Gasteiger partial charge in [-0.3, -0.25) is 4.99 Å². The molecule has 0 aliphatic carbocycles. The van der Waals surface area contributed by atoms with Gasteiger partial charge in [-0.1, -0.05) is 149 Å². The molecule has 8 aromatic rings. The van der Waals surface area contributed by atoms with Gasteiger partial charge in [0.2, 0.25) is 0 Å². The minimum Gasteiger partial charge on any atom is -0.331 e. The highest BCUT2D eigenvalue weighted by Crippen LogP contribution is 2.58. The second-order valence-corrected chi connectivity index (χ2v) is 17.1. The lowest BCUT2D eigenvalue weighted by molar-refractivity contribution is 0.330. The van der Waals surface area contributed by atoms with E-state index in [9.17, 15) is 0 Å². The Morgan fingerprint density at radius 1 is 0.410 bits per heavy atom. The molecule has 2 atom stereocenters. The molecule has 8 nitrogen and oxygen atoms in total. The van der Waals surface area contributed by atoms with Crippen molar-refractivity contribution in [1.29, 1.82) is 0 Å². The first-order valence-corrected chi connectivity index (χ1v) is 20.8. The van der Waals surface area contributed by atoms with Gasteiger partial charge in [0.1, 0.15) is 0 Å². The zero-order chi connectivity index (χ0) is 41.3. The quantitative estimate of drug-likeness (QED) is 0.166. The molecule has 11 rings (SSSR count). The van der Waals surface area contributed by atoms with Gasteiger partial charge < -0.3 is 4.90 Å². The summed E-state index contributed by atoms with van der Waals surface area (Å²) < 4.78 is 0. The van der Waals surface area contributed by atoms with Gasteiger partial charge in [-0.25, -0.2) is 29.9 Å². The molecule has 8 heteroatoms. The van der Waals surface area contributed by atoms with Crippen LogP contribution < -0.4 is 4.90 Å². The van der Waals surface area contributed by atoms with Crippen LogP contribution in [0.3, 0.4) is 0 Å². The lowest BCUT2D eigenvalue weighted by Gasteiger charge is -2.57. The van der Waals surface area contributed by atoms with E-state index in [1.54, 1.807) is 0 Å². The van der Waals surface area contributed by atoms with Gasteiger partial charge in [0.05, 0.1) is 12.1 Å². The molecule has 61 heavy (non-hydrogen) atoms. The Bertz CT molecular complexity index is 2920. The zero-order valence-corrected chi connectivity index (χ0v) is 34.4. The Morgan fingerprint density at radius 2 is 0.770 bits per heavy atom. The number of hydrogen-bond donors (Lipinski definition) is 0. The highest BCUT2D eigenvalue weighted by atomic mass is 15.2. The summed E-state index contributed by atoms with van der Waals surface area (Å²) in [6.45, 7) is 9.34. The minimum atomic E-state index is -0.319. The summed E-state index contributed by atoms with van der Waals surface area (Å²) in [5, 5.41) is 0. The molecule has 3 aliphatic rings. The van der Waals surface area contributed by atoms with Gasteiger partial charge in [0.25, 0.3) is 0 Å². The highest BCUT2D eigenvalue weighted by Gasteiger charge is 2.54. The maximum absolute atomic E-state index is 5.26. The van der Waals surface area contributed by atoms with Gasteiger partial charge in [0, 0.05) is 61.8 Å². The average Bonchev–Trinajstić information content (AvgIpc) is 3.32. The average molecular weight is 791 g/mol. The molecule has 0 spiro atoms. The summed E-state index contributed by atoms with van der Waals surface area (Å²) in [6.07, 6.45) is 4.26. The molecular weight excluding hydrogens is 749 g/mol. The van der Waals surface area contributed by atoms with Crippen molar-refractivity contribution in [2.24, 2.45) is 4.99 Å². The summed E-state index contributed by atoms with van der Waals surface area (Å²) in [6, 6.07) is 53.9. The molecule has 0 radical (unpaired) electrons. The minimum absolute atomic E-state index is 0.0322. The van der Waals surface area contributed by atoms with Crippen molar-refractivity contribution in [2.45, 2.75) is 50.6 Å². The lowest BCUT2D eigenvalue weighted by Crippen LogP contribution is -2.60. The van der Waals surface area contributed by atoms with E-state index in [1.807, 2.05) is 128 Å². The molecule has 294 valence electrons. The molecule has 0 saturated carbocycles. The number of rotatable bonds is 6. The molecule has 5 heterocycles. The van der Waals surface area contributed by atoms with Crippen LogP contribution in [-0.4, -0.2) is 48.2 Å². The largest absolute Gasteiger partial charge is 0.331 e. The van der Waals surface area contributed by atoms with Crippen LogP contribution in [0.4, 0.5) is 11.4 Å². The van der Waals surface area contributed by atoms with Crippen LogP contribution in [-0.2, 0) is 10.8 Å². The van der Waals surface area contributed by atoms with E-state index in [2.05, 4.69) is 75.1 Å². The molecule has 0 amide bonds. The third-order valence-corrected chi connectivity index (χ3v) is 12.7. The summed E-state index contributed by atoms with van der Waals surface area (Å²) in [7, 11) is 0. The fraction of sp³-hybridized carbons (Fsp3) is 0.151. The van der Waals surface area contributed by atoms with Crippen LogP contribution in [0.15, 0.2) is 174 Å². The second-order valence-electron chi connectivity index (χ2n) is 17.1. The molecular formula is C53H42N8. The smallest absolute Gasteiger partial charge is 0.164 e. The summed E-state index contributed by atoms with van der Waals surface area (Å²) >= 11 is 0. The molecule has 0 saturated heterocycles. The van der Waals surface area contributed by atoms with E-state index in [1.165, 1.54) is 16.7 Å². The number of hydrogen-bond acceptors (Lipinski definition) is 8. The number of anilines is 2. The van der Waals surface area contributed by atoms with E-state index in [0.717, 1.165) is 44.8 Å². The highest BCUT2D eigenvalue weighted by molar-refractivity contribution is 5.87. The number of aliphatic imine (C=N–C) groups is 1. The van der Waals surface area contributed by atoms with E-state index in [4.69, 9.17) is 34.9 Å². The normalized spacial score (nSPS) is 17.8. The molecule has 3 aliphatic heterocycles. The van der Waals surface area contributed by atoms with Gasteiger partial charge in [-0.05, 0) is 59.2 Å². The van der Waals surface area contributed by atoms with Crippen LogP contribution in [0, 0.1) is 0 Å². The van der Waals surface area contributed by atoms with Crippen LogP contribution in [0.5, 0.6) is 0 Å². The Kier molecular flexibility index (Phi) is 8.46. The fourth-order valence-electron chi connectivity index (χ4n) is 9.41. The Hall–Kier alpha value is -7.45. The number of benzene rings is 6. The first-order valence-electron chi connectivity index (χ1n) is 20.8. The maximum atomic E-state index is 5.26. The SMILES string of the molecule is CC1(C)C2=CC=NC3C2N(c2ccc(-c4nc(-c5ccccc5)nc(-c5ccccc5)n4)cc21)c1ccc(-c2nc(-c4ccccc4)nc(-c4ccccc4)n2)cc1C3(C)C. The Labute approximate surface area is 355 Å². The number of nitrogens with zero attached hydrogens (tertiary/aromatic N) is 8. The van der Waals surface area contributed by atoms with Crippen molar-refractivity contribution in [1.82, 2.24) is 29.9 Å². The van der Waals surface area contributed by atoms with Gasteiger partial charge in [-0.15, -0.1) is 0 Å². The lowest BCUT2D eigenvalue weighted by atomic mass is 9.61. The fourth-order valence-corrected chi connectivity index (χ4v) is 9.41. The van der Waals surface area contributed by atoms with Crippen LogP contribution in [0.2, 0.25) is 0 Å². The molecule has 0 fully saturated rings. The molecule has 2 unspecified atom stereocenters. The predicted molar refractivity (Wildman–Crippen MR) is 245 cm³/mol. The first-order chi connectivity index (χ1) is 29.7. The number of dihydropyridines is 1. The Morgan fingerprint density at radius 3 is 1.18 bits per heavy atom. The number of fused-ring (bicyclic) bond motifs is 4. The van der Waals surface area contributed by atoms with E-state index in [-0.39, 0.29) is 22.9 Å². The van der Waals surface area contributed by atoms with E-state index in [0.29, 0.717) is 34.9 Å². The Balaban J connectivity index is 1.07. The summed E-state index contributed by atoms with van der Waals surface area (Å²) in [4.78, 5) is 38.1. The van der Waals surface area contributed by atoms with E-state index < -0.39 is 0 Å². The third-order valence-electron chi connectivity index (χ3n) is 12.7. The number of allylic oxidation sites excluding steroid dienone is 1. The molecule has 6 aromatic carbocycles. The van der Waals surface area contributed by atoms with Crippen molar-refractivity contribution >= 4 is 17.6 Å². The van der Waals surface area contributed by atoms with Gasteiger partial charge in [0.15, 0.2) is 34.9 Å². The molecule has 2 aromatic heterocycles. The van der Waals surface area contributed by atoms with Crippen molar-refractivity contribution in [3.8, 4) is 68.3 Å². The van der Waals surface area contributed by atoms with Crippen molar-refractivity contribution in [3.63, 3.8) is 0 Å². The van der Waals surface area contributed by atoms with Crippen LogP contribution >= 0.6 is 0 Å². The standard InChI is InChI=1S/C53H42N8/c1-52(2)39-29-30-54-45-44(39)61(42-27-25-37(31-40(42)52)50-57-46(33-17-9-5-10-18-33)55-47(58-50)34-19-11-6-12-20-34)43-28-26-38(32-41(43)53(45,3)4)51-59-48(35-21-13-7-14-22-35)56-49(60-51)36-23-15-8-16-24-36/h5-32,44-45H,1-4H3. The van der Waals surface area contributed by atoms with Crippen molar-refractivity contribution in [3.05, 3.63) is 181 Å². The van der Waals surface area contributed by atoms with Crippen LogP contribution in [0.25, 0.3) is 68.3 Å². The van der Waals surface area contributed by atoms with Crippen molar-refractivity contribution in [2.75, 3.05) is 4.90 Å². The van der Waals surface area contributed by atoms with Crippen LogP contribution in [0.1, 0.15) is 38.8 Å². The first kappa shape index (κ1) is 36.6. The topological polar surface area (TPSA) is 92.9 Å². The second kappa shape index (κ2) is 14.1. The summed E-state index contributed by atoms with van der Waals surface area (Å²) in [5.41, 5.74) is 11.1. The number of aromatic nitrogens is 6. The van der Waals surface area contributed by atoms with E-state index >= 15 is 0 Å². The monoisotopic (exact) mass is 790 g/mol. The predicted octanol–water partition coefficient (Wildman–Crippen LogP) is 11.5. The third kappa shape index (κ3) is 6.09. The van der Waals surface area contributed by atoms with Gasteiger partial charge in [-0.2, -0.15) is 0 Å². The summed E-state index contributed by atoms with van der Waals surface area (Å²) in [5.74, 6) is 3.83. The van der Waals surface area contributed by atoms with Crippen molar-refractivity contribution < 1.29 is 0 Å². The molecule has 0 bridgehead atoms.